The first kappa shape index (κ1) is 15.3. The molecule has 1 N–H and O–H groups in total. The fraction of sp³-hybridized carbons (Fsp3) is 0.812. The minimum Gasteiger partial charge on any atom is -0.350 e. The Balaban J connectivity index is 2.16. The summed E-state index contributed by atoms with van der Waals surface area (Å²) in [5.74, 6) is 2.07. The van der Waals surface area contributed by atoms with Gasteiger partial charge >= 0.3 is 0 Å². The van der Waals surface area contributed by atoms with E-state index in [2.05, 4.69) is 39.1 Å². The van der Waals surface area contributed by atoms with Crippen LogP contribution < -0.4 is 5.32 Å². The molecule has 18 heavy (non-hydrogen) atoms. The van der Waals surface area contributed by atoms with E-state index in [1.54, 1.807) is 6.08 Å². The predicted octanol–water partition coefficient (Wildman–Crippen LogP) is 3.92. The van der Waals surface area contributed by atoms with Crippen molar-refractivity contribution in [2.75, 3.05) is 0 Å². The summed E-state index contributed by atoms with van der Waals surface area (Å²) in [5, 5.41) is 3.00. The first-order valence-electron chi connectivity index (χ1n) is 7.53. The van der Waals surface area contributed by atoms with E-state index in [1.807, 2.05) is 0 Å². The molecule has 3 unspecified atom stereocenters. The van der Waals surface area contributed by atoms with Crippen LogP contribution in [0.15, 0.2) is 12.2 Å². The zero-order valence-electron chi connectivity index (χ0n) is 12.4. The molecule has 1 rings (SSSR count). The lowest BCUT2D eigenvalue weighted by atomic mass is 10.1. The second kappa shape index (κ2) is 7.60. The molecule has 0 aliphatic heterocycles. The molecular weight excluding hydrogens is 222 g/mol. The Morgan fingerprint density at radius 3 is 2.67 bits per heavy atom. The third-order valence-electron chi connectivity index (χ3n) is 4.02. The van der Waals surface area contributed by atoms with E-state index in [1.165, 1.54) is 32.1 Å². The number of rotatable bonds is 8. The van der Waals surface area contributed by atoms with Crippen LogP contribution in [-0.4, -0.2) is 11.9 Å². The van der Waals surface area contributed by atoms with Gasteiger partial charge in [-0.2, -0.15) is 0 Å². The Morgan fingerprint density at radius 2 is 2.06 bits per heavy atom. The molecule has 1 fully saturated rings. The van der Waals surface area contributed by atoms with Gasteiger partial charge in [0.05, 0.1) is 0 Å². The fourth-order valence-electron chi connectivity index (χ4n) is 2.15. The lowest BCUT2D eigenvalue weighted by molar-refractivity contribution is -0.117. The van der Waals surface area contributed by atoms with Crippen LogP contribution in [0.3, 0.4) is 0 Å². The van der Waals surface area contributed by atoms with Gasteiger partial charge in [0, 0.05) is 6.04 Å². The minimum absolute atomic E-state index is 0.0652. The van der Waals surface area contributed by atoms with Gasteiger partial charge in [-0.05, 0) is 43.6 Å². The topological polar surface area (TPSA) is 29.1 Å². The molecule has 1 amide bonds. The summed E-state index contributed by atoms with van der Waals surface area (Å²) in [6.45, 7) is 8.55. The molecule has 2 nitrogen and oxygen atoms in total. The molecule has 0 aromatic carbocycles. The maximum Gasteiger partial charge on any atom is 0.243 e. The van der Waals surface area contributed by atoms with Crippen LogP contribution in [0.1, 0.15) is 59.8 Å². The number of nitrogens with one attached hydrogen (secondary N) is 1. The van der Waals surface area contributed by atoms with E-state index in [-0.39, 0.29) is 11.9 Å². The monoisotopic (exact) mass is 251 g/mol. The third-order valence-corrected chi connectivity index (χ3v) is 4.02. The summed E-state index contributed by atoms with van der Waals surface area (Å²) in [4.78, 5) is 11.7. The zero-order chi connectivity index (χ0) is 13.5. The smallest absolute Gasteiger partial charge is 0.243 e. The van der Waals surface area contributed by atoms with E-state index in [0.717, 1.165) is 5.92 Å². The number of hydrogen-bond acceptors (Lipinski definition) is 1. The summed E-state index contributed by atoms with van der Waals surface area (Å²) in [6, 6.07) is 0.252. The molecular formula is C16H29NO. The molecule has 0 aromatic rings. The molecule has 104 valence electrons. The minimum atomic E-state index is 0.0652. The van der Waals surface area contributed by atoms with Crippen LogP contribution in [0, 0.1) is 17.8 Å². The Labute approximate surface area is 112 Å². The lowest BCUT2D eigenvalue weighted by Crippen LogP contribution is -2.34. The lowest BCUT2D eigenvalue weighted by Gasteiger charge is -2.15. The standard InChI is InChI=1S/C16H29NO/c1-5-6-7-8-14-11-15(14)9-10-16(18)17-13(4)12(2)3/h9-10,12-15H,5-8,11H2,1-4H3,(H,17,18)/b10-9+. The second-order valence-corrected chi connectivity index (χ2v) is 6.06. The molecule has 0 bridgehead atoms. The maximum absolute atomic E-state index is 11.7. The van der Waals surface area contributed by atoms with E-state index in [9.17, 15) is 4.79 Å². The quantitative estimate of drug-likeness (QED) is 0.514. The van der Waals surface area contributed by atoms with Crippen LogP contribution in [0.5, 0.6) is 0 Å². The highest BCUT2D eigenvalue weighted by Gasteiger charge is 2.33. The van der Waals surface area contributed by atoms with Crippen LogP contribution >= 0.6 is 0 Å². The van der Waals surface area contributed by atoms with Gasteiger partial charge in [-0.3, -0.25) is 4.79 Å². The van der Waals surface area contributed by atoms with Crippen molar-refractivity contribution in [3.63, 3.8) is 0 Å². The van der Waals surface area contributed by atoms with Crippen molar-refractivity contribution in [1.82, 2.24) is 5.32 Å². The summed E-state index contributed by atoms with van der Waals surface area (Å²) in [6.07, 6.45) is 10.5. The SMILES string of the molecule is CCCCCC1CC1/C=C/C(=O)NC(C)C(C)C. The van der Waals surface area contributed by atoms with Crippen molar-refractivity contribution >= 4 is 5.91 Å². The van der Waals surface area contributed by atoms with Gasteiger partial charge in [-0.15, -0.1) is 0 Å². The normalized spacial score (nSPS) is 24.5. The first-order chi connectivity index (χ1) is 8.54. The molecule has 1 aliphatic carbocycles. The molecule has 0 aromatic heterocycles. The Hall–Kier alpha value is -0.790. The average Bonchev–Trinajstić information content (AvgIpc) is 3.05. The molecule has 2 heteroatoms. The van der Waals surface area contributed by atoms with Crippen molar-refractivity contribution in [2.45, 2.75) is 65.8 Å². The molecule has 3 atom stereocenters. The van der Waals surface area contributed by atoms with Gasteiger partial charge in [-0.1, -0.05) is 46.1 Å². The van der Waals surface area contributed by atoms with Gasteiger partial charge in [0.1, 0.15) is 0 Å². The second-order valence-electron chi connectivity index (χ2n) is 6.06. The van der Waals surface area contributed by atoms with Crippen molar-refractivity contribution in [1.29, 1.82) is 0 Å². The molecule has 0 saturated heterocycles. The first-order valence-corrected chi connectivity index (χ1v) is 7.53. The highest BCUT2D eigenvalue weighted by Crippen LogP contribution is 2.43. The van der Waals surface area contributed by atoms with E-state index in [0.29, 0.717) is 11.8 Å². The van der Waals surface area contributed by atoms with Crippen LogP contribution in [0.2, 0.25) is 0 Å². The van der Waals surface area contributed by atoms with Crippen LogP contribution in [0.4, 0.5) is 0 Å². The Morgan fingerprint density at radius 1 is 1.33 bits per heavy atom. The molecule has 1 saturated carbocycles. The number of carbonyl (C=O) groups is 1. The third kappa shape index (κ3) is 5.70. The van der Waals surface area contributed by atoms with Crippen molar-refractivity contribution in [3.8, 4) is 0 Å². The molecule has 0 heterocycles. The number of carbonyl (C=O) groups excluding carboxylic acids is 1. The highest BCUT2D eigenvalue weighted by atomic mass is 16.1. The van der Waals surface area contributed by atoms with E-state index in [4.69, 9.17) is 0 Å². The largest absolute Gasteiger partial charge is 0.350 e. The number of unbranched alkanes of at least 4 members (excludes halogenated alkanes) is 2. The van der Waals surface area contributed by atoms with Crippen LogP contribution in [-0.2, 0) is 4.79 Å². The predicted molar refractivity (Wildman–Crippen MR) is 77.3 cm³/mol. The summed E-state index contributed by atoms with van der Waals surface area (Å²) in [7, 11) is 0. The average molecular weight is 251 g/mol. The Bertz CT molecular complexity index is 283. The van der Waals surface area contributed by atoms with Gasteiger partial charge in [0.25, 0.3) is 0 Å². The van der Waals surface area contributed by atoms with E-state index >= 15 is 0 Å². The van der Waals surface area contributed by atoms with Crippen molar-refractivity contribution in [2.24, 2.45) is 17.8 Å². The van der Waals surface area contributed by atoms with Crippen molar-refractivity contribution in [3.05, 3.63) is 12.2 Å². The summed E-state index contributed by atoms with van der Waals surface area (Å²) >= 11 is 0. The molecule has 0 spiro atoms. The summed E-state index contributed by atoms with van der Waals surface area (Å²) < 4.78 is 0. The zero-order valence-corrected chi connectivity index (χ0v) is 12.4. The van der Waals surface area contributed by atoms with Crippen molar-refractivity contribution < 1.29 is 4.79 Å². The van der Waals surface area contributed by atoms with Gasteiger partial charge in [-0.25, -0.2) is 0 Å². The number of amides is 1. The van der Waals surface area contributed by atoms with E-state index < -0.39 is 0 Å². The summed E-state index contributed by atoms with van der Waals surface area (Å²) in [5.41, 5.74) is 0. The Kier molecular flexibility index (Phi) is 6.45. The van der Waals surface area contributed by atoms with Gasteiger partial charge in [0.15, 0.2) is 0 Å². The van der Waals surface area contributed by atoms with Gasteiger partial charge in [0.2, 0.25) is 5.91 Å². The number of allylic oxidation sites excluding steroid dienone is 1. The molecule has 0 radical (unpaired) electrons. The number of hydrogen-bond donors (Lipinski definition) is 1. The highest BCUT2D eigenvalue weighted by molar-refractivity contribution is 5.87. The van der Waals surface area contributed by atoms with Crippen LogP contribution in [0.25, 0.3) is 0 Å². The van der Waals surface area contributed by atoms with Gasteiger partial charge < -0.3 is 5.32 Å². The fourth-order valence-corrected chi connectivity index (χ4v) is 2.15. The maximum atomic E-state index is 11.7. The molecule has 1 aliphatic rings.